The molecule has 1 amide bonds. The van der Waals surface area contributed by atoms with Crippen molar-refractivity contribution in [1.29, 1.82) is 0 Å². The average molecular weight is 265 g/mol. The Morgan fingerprint density at radius 3 is 2.89 bits per heavy atom. The van der Waals surface area contributed by atoms with Gasteiger partial charge in [-0.3, -0.25) is 9.59 Å². The average Bonchev–Trinajstić information content (AvgIpc) is 2.74. The van der Waals surface area contributed by atoms with E-state index in [9.17, 15) is 14.0 Å². The molecule has 102 valence electrons. The molecule has 0 unspecified atom stereocenters. The van der Waals surface area contributed by atoms with Crippen LogP contribution in [0.1, 0.15) is 24.8 Å². The number of carbonyl (C=O) groups excluding carboxylic acids is 2. The van der Waals surface area contributed by atoms with E-state index in [1.807, 2.05) is 0 Å². The highest BCUT2D eigenvalue weighted by Crippen LogP contribution is 2.24. The van der Waals surface area contributed by atoms with E-state index < -0.39 is 0 Å². The van der Waals surface area contributed by atoms with Gasteiger partial charge in [0.15, 0.2) is 0 Å². The van der Waals surface area contributed by atoms with E-state index >= 15 is 0 Å². The van der Waals surface area contributed by atoms with Crippen molar-refractivity contribution in [3.63, 3.8) is 0 Å². The Morgan fingerprint density at radius 2 is 2.21 bits per heavy atom. The summed E-state index contributed by atoms with van der Waals surface area (Å²) >= 11 is 0. The van der Waals surface area contributed by atoms with E-state index in [0.29, 0.717) is 18.4 Å². The quantitative estimate of drug-likeness (QED) is 0.781. The molecular weight excluding hydrogens is 249 g/mol. The Labute approximate surface area is 111 Å². The van der Waals surface area contributed by atoms with Crippen LogP contribution in [0.4, 0.5) is 4.39 Å². The lowest BCUT2D eigenvalue weighted by Gasteiger charge is -2.24. The lowest BCUT2D eigenvalue weighted by Crippen LogP contribution is -2.34. The van der Waals surface area contributed by atoms with Crippen molar-refractivity contribution in [2.24, 2.45) is 0 Å². The summed E-state index contributed by atoms with van der Waals surface area (Å²) in [6.07, 6.45) is 1.18. The summed E-state index contributed by atoms with van der Waals surface area (Å²) in [6, 6.07) is 6.16. The minimum absolute atomic E-state index is 0.0443. The van der Waals surface area contributed by atoms with Gasteiger partial charge < -0.3 is 9.64 Å². The van der Waals surface area contributed by atoms with Crippen LogP contribution in [0.2, 0.25) is 0 Å². The number of hydrogen-bond acceptors (Lipinski definition) is 3. The number of nitrogens with zero attached hydrogens (tertiary/aromatic N) is 1. The number of rotatable bonds is 4. The molecule has 1 fully saturated rings. The Morgan fingerprint density at radius 1 is 1.47 bits per heavy atom. The van der Waals surface area contributed by atoms with Gasteiger partial charge in [0.2, 0.25) is 5.91 Å². The van der Waals surface area contributed by atoms with E-state index in [1.54, 1.807) is 23.1 Å². The minimum Gasteiger partial charge on any atom is -0.469 e. The van der Waals surface area contributed by atoms with E-state index in [4.69, 9.17) is 0 Å². The molecule has 0 N–H and O–H groups in total. The van der Waals surface area contributed by atoms with Crippen LogP contribution < -0.4 is 0 Å². The number of esters is 1. The molecule has 1 aliphatic heterocycles. The van der Waals surface area contributed by atoms with Gasteiger partial charge in [-0.2, -0.15) is 0 Å². The first-order chi connectivity index (χ1) is 9.11. The topological polar surface area (TPSA) is 46.6 Å². The van der Waals surface area contributed by atoms with Crippen molar-refractivity contribution in [2.75, 3.05) is 7.11 Å². The third-order valence-corrected chi connectivity index (χ3v) is 3.38. The fourth-order valence-corrected chi connectivity index (χ4v) is 2.31. The van der Waals surface area contributed by atoms with Crippen LogP contribution in [-0.2, 0) is 20.9 Å². The summed E-state index contributed by atoms with van der Waals surface area (Å²) in [4.78, 5) is 24.7. The van der Waals surface area contributed by atoms with Gasteiger partial charge in [-0.15, -0.1) is 0 Å². The first kappa shape index (κ1) is 13.5. The number of amides is 1. The molecule has 1 heterocycles. The fraction of sp³-hybridized carbons (Fsp3) is 0.429. The maximum atomic E-state index is 13.6. The number of benzene rings is 1. The number of hydrogen-bond donors (Lipinski definition) is 0. The highest BCUT2D eigenvalue weighted by atomic mass is 19.1. The molecule has 5 heteroatoms. The van der Waals surface area contributed by atoms with E-state index in [0.717, 1.165) is 0 Å². The van der Waals surface area contributed by atoms with Crippen LogP contribution in [0.15, 0.2) is 24.3 Å². The molecule has 0 radical (unpaired) electrons. The van der Waals surface area contributed by atoms with E-state index in [-0.39, 0.29) is 36.7 Å². The standard InChI is InChI=1S/C14H16FNO3/c1-19-14(18)8-11-6-7-13(17)16(11)9-10-4-2-3-5-12(10)15/h2-5,11H,6-9H2,1H3/t11-/m0/s1. The number of carbonyl (C=O) groups is 2. The number of likely N-dealkylation sites (tertiary alicyclic amines) is 1. The van der Waals surface area contributed by atoms with Crippen LogP contribution >= 0.6 is 0 Å². The second-order valence-corrected chi connectivity index (χ2v) is 4.59. The van der Waals surface area contributed by atoms with Gasteiger partial charge in [0.1, 0.15) is 5.82 Å². The summed E-state index contributed by atoms with van der Waals surface area (Å²) in [7, 11) is 1.32. The molecule has 1 aromatic carbocycles. The largest absolute Gasteiger partial charge is 0.469 e. The lowest BCUT2D eigenvalue weighted by atomic mass is 10.1. The molecule has 0 aliphatic carbocycles. The smallest absolute Gasteiger partial charge is 0.307 e. The van der Waals surface area contributed by atoms with Crippen molar-refractivity contribution in [3.05, 3.63) is 35.6 Å². The van der Waals surface area contributed by atoms with Crippen LogP contribution in [-0.4, -0.2) is 29.9 Å². The Kier molecular flexibility index (Phi) is 4.14. The molecule has 1 aromatic rings. The molecule has 0 bridgehead atoms. The zero-order valence-electron chi connectivity index (χ0n) is 10.8. The second kappa shape index (κ2) is 5.82. The highest BCUT2D eigenvalue weighted by molar-refractivity contribution is 5.80. The van der Waals surface area contributed by atoms with E-state index in [2.05, 4.69) is 4.74 Å². The third kappa shape index (κ3) is 3.10. The van der Waals surface area contributed by atoms with Gasteiger partial charge in [-0.1, -0.05) is 18.2 Å². The monoisotopic (exact) mass is 265 g/mol. The van der Waals surface area contributed by atoms with Crippen molar-refractivity contribution in [2.45, 2.75) is 31.8 Å². The van der Waals surface area contributed by atoms with Crippen molar-refractivity contribution in [1.82, 2.24) is 4.90 Å². The second-order valence-electron chi connectivity index (χ2n) is 4.59. The van der Waals surface area contributed by atoms with Crippen molar-refractivity contribution < 1.29 is 18.7 Å². The first-order valence-corrected chi connectivity index (χ1v) is 6.21. The SMILES string of the molecule is COC(=O)C[C@@H]1CCC(=O)N1Cc1ccccc1F. The Bertz CT molecular complexity index is 489. The fourth-order valence-electron chi connectivity index (χ4n) is 2.31. The Hall–Kier alpha value is -1.91. The van der Waals surface area contributed by atoms with Gasteiger partial charge >= 0.3 is 5.97 Å². The maximum absolute atomic E-state index is 13.6. The zero-order valence-corrected chi connectivity index (χ0v) is 10.8. The van der Waals surface area contributed by atoms with Gasteiger partial charge in [0.25, 0.3) is 0 Å². The van der Waals surface area contributed by atoms with E-state index in [1.165, 1.54) is 13.2 Å². The number of halogens is 1. The normalized spacial score (nSPS) is 18.7. The van der Waals surface area contributed by atoms with Gasteiger partial charge in [-0.05, 0) is 12.5 Å². The van der Waals surface area contributed by atoms with Gasteiger partial charge in [0.05, 0.1) is 13.5 Å². The van der Waals surface area contributed by atoms with Crippen LogP contribution in [0.5, 0.6) is 0 Å². The lowest BCUT2D eigenvalue weighted by molar-refractivity contribution is -0.142. The molecule has 0 saturated carbocycles. The Balaban J connectivity index is 2.10. The molecule has 1 atom stereocenters. The van der Waals surface area contributed by atoms with Crippen LogP contribution in [0.3, 0.4) is 0 Å². The molecular formula is C14H16FNO3. The number of methoxy groups -OCH3 is 1. The minimum atomic E-state index is -0.349. The molecule has 0 aromatic heterocycles. The summed E-state index contributed by atoms with van der Waals surface area (Å²) < 4.78 is 18.2. The molecule has 2 rings (SSSR count). The summed E-state index contributed by atoms with van der Waals surface area (Å²) in [5, 5.41) is 0. The van der Waals surface area contributed by atoms with Gasteiger partial charge in [0, 0.05) is 24.6 Å². The summed E-state index contributed by atoms with van der Waals surface area (Å²) in [5.74, 6) is -0.727. The molecule has 0 spiro atoms. The summed E-state index contributed by atoms with van der Waals surface area (Å²) in [6.45, 7) is 0.202. The molecule has 19 heavy (non-hydrogen) atoms. The summed E-state index contributed by atoms with van der Waals surface area (Å²) in [5.41, 5.74) is 0.465. The number of ether oxygens (including phenoxy) is 1. The van der Waals surface area contributed by atoms with Gasteiger partial charge in [-0.25, -0.2) is 4.39 Å². The third-order valence-electron chi connectivity index (χ3n) is 3.38. The molecule has 1 saturated heterocycles. The van der Waals surface area contributed by atoms with Crippen LogP contribution in [0.25, 0.3) is 0 Å². The van der Waals surface area contributed by atoms with Crippen molar-refractivity contribution in [3.8, 4) is 0 Å². The molecule has 4 nitrogen and oxygen atoms in total. The first-order valence-electron chi connectivity index (χ1n) is 6.21. The van der Waals surface area contributed by atoms with Crippen LogP contribution in [0, 0.1) is 5.82 Å². The highest BCUT2D eigenvalue weighted by Gasteiger charge is 2.32. The maximum Gasteiger partial charge on any atom is 0.307 e. The predicted octanol–water partition coefficient (Wildman–Crippen LogP) is 1.88. The van der Waals surface area contributed by atoms with Crippen molar-refractivity contribution >= 4 is 11.9 Å². The molecule has 1 aliphatic rings. The predicted molar refractivity (Wildman–Crippen MR) is 66.6 cm³/mol. The zero-order chi connectivity index (χ0) is 13.8.